The van der Waals surface area contributed by atoms with Gasteiger partial charge in [-0.15, -0.1) is 0 Å². The molecule has 10 atom stereocenters. The van der Waals surface area contributed by atoms with E-state index in [-0.39, 0.29) is 33.2 Å². The Hall–Kier alpha value is -0.630. The zero-order valence-electron chi connectivity index (χ0n) is 21.9. The Balaban J connectivity index is 1.58. The van der Waals surface area contributed by atoms with Gasteiger partial charge in [0.05, 0.1) is 6.10 Å². The van der Waals surface area contributed by atoms with Crippen molar-refractivity contribution in [1.82, 2.24) is 0 Å². The molecule has 0 saturated heterocycles. The van der Waals surface area contributed by atoms with Gasteiger partial charge in [-0.2, -0.15) is 0 Å². The van der Waals surface area contributed by atoms with E-state index in [9.17, 15) is 9.90 Å². The van der Waals surface area contributed by atoms with Crippen LogP contribution in [0.5, 0.6) is 0 Å². The van der Waals surface area contributed by atoms with E-state index < -0.39 is 0 Å². The van der Waals surface area contributed by atoms with E-state index >= 15 is 0 Å². The molecule has 0 aromatic carbocycles. The van der Waals surface area contributed by atoms with Crippen LogP contribution in [0, 0.1) is 56.7 Å². The number of carbonyl (C=O) groups is 1. The van der Waals surface area contributed by atoms with Crippen molar-refractivity contribution in [1.29, 1.82) is 0 Å². The third-order valence-corrected chi connectivity index (χ3v) is 13.3. The van der Waals surface area contributed by atoms with E-state index in [1.807, 2.05) is 0 Å². The molecule has 0 heterocycles. The largest absolute Gasteiger partial charge is 0.393 e. The summed E-state index contributed by atoms with van der Waals surface area (Å²) in [6, 6.07) is 0. The quantitative estimate of drug-likeness (QED) is 0.438. The Kier molecular flexibility index (Phi) is 4.87. The maximum Gasteiger partial charge on any atom is 0.138 e. The summed E-state index contributed by atoms with van der Waals surface area (Å²) in [5, 5.41) is 11.7. The molecule has 0 bridgehead atoms. The molecule has 5 saturated carbocycles. The molecule has 5 aliphatic rings. The predicted octanol–water partition coefficient (Wildman–Crippen LogP) is 7.20. The Morgan fingerprint density at radius 2 is 1.56 bits per heavy atom. The maximum absolute atomic E-state index is 12.9. The van der Waals surface area contributed by atoms with Gasteiger partial charge in [-0.3, -0.25) is 4.79 Å². The number of hydrogen-bond acceptors (Lipinski definition) is 2. The lowest BCUT2D eigenvalue weighted by molar-refractivity contribution is -0.250. The smallest absolute Gasteiger partial charge is 0.138 e. The summed E-state index contributed by atoms with van der Waals surface area (Å²) >= 11 is 0. The first-order chi connectivity index (χ1) is 14.7. The van der Waals surface area contributed by atoms with Gasteiger partial charge in [-0.25, -0.2) is 0 Å². The molecule has 0 aromatic rings. The lowest BCUT2D eigenvalue weighted by Gasteiger charge is -2.72. The fraction of sp³-hybridized carbons (Fsp3) is 0.900. The van der Waals surface area contributed by atoms with Crippen molar-refractivity contribution in [3.8, 4) is 0 Å². The van der Waals surface area contributed by atoms with Crippen molar-refractivity contribution in [2.75, 3.05) is 0 Å². The second kappa shape index (κ2) is 6.73. The predicted molar refractivity (Wildman–Crippen MR) is 131 cm³/mol. The molecule has 5 aliphatic carbocycles. The molecule has 5 rings (SSSR count). The lowest BCUT2D eigenvalue weighted by Crippen LogP contribution is -2.67. The van der Waals surface area contributed by atoms with Crippen LogP contribution in [0.3, 0.4) is 0 Å². The van der Waals surface area contributed by atoms with Gasteiger partial charge in [0.1, 0.15) is 5.78 Å². The zero-order chi connectivity index (χ0) is 23.5. The fourth-order valence-corrected chi connectivity index (χ4v) is 11.3. The third-order valence-electron chi connectivity index (χ3n) is 13.3. The average molecular weight is 441 g/mol. The molecule has 0 radical (unpaired) electrons. The second-order valence-electron chi connectivity index (χ2n) is 14.6. The van der Waals surface area contributed by atoms with Crippen molar-refractivity contribution in [2.24, 2.45) is 56.7 Å². The molecule has 2 nitrogen and oxygen atoms in total. The summed E-state index contributed by atoms with van der Waals surface area (Å²) in [4.78, 5) is 12.9. The minimum atomic E-state index is -0.205. The van der Waals surface area contributed by atoms with Gasteiger partial charge < -0.3 is 5.11 Å². The Bertz CT molecular complexity index is 842. The monoisotopic (exact) mass is 440 g/mol. The highest BCUT2D eigenvalue weighted by Gasteiger charge is 2.71. The van der Waals surface area contributed by atoms with Crippen LogP contribution >= 0.6 is 0 Å². The number of hydrogen-bond donors (Lipinski definition) is 1. The van der Waals surface area contributed by atoms with Crippen LogP contribution in [0.1, 0.15) is 106 Å². The number of aliphatic hydroxyl groups excluding tert-OH is 1. The van der Waals surface area contributed by atoms with Crippen molar-refractivity contribution in [2.45, 2.75) is 112 Å². The second-order valence-corrected chi connectivity index (χ2v) is 14.6. The summed E-state index contributed by atoms with van der Waals surface area (Å²) in [6.07, 6.45) is 9.93. The van der Waals surface area contributed by atoms with Gasteiger partial charge in [0.2, 0.25) is 0 Å². The van der Waals surface area contributed by atoms with Crippen molar-refractivity contribution in [3.63, 3.8) is 0 Å². The van der Waals surface area contributed by atoms with Crippen molar-refractivity contribution >= 4 is 5.78 Å². The number of carbonyl (C=O) groups excluding carboxylic acids is 1. The van der Waals surface area contributed by atoms with E-state index in [1.54, 1.807) is 0 Å². The van der Waals surface area contributed by atoms with Gasteiger partial charge in [-0.1, -0.05) is 53.7 Å². The molecule has 1 N–H and O–H groups in total. The minimum Gasteiger partial charge on any atom is -0.393 e. The van der Waals surface area contributed by atoms with Crippen LogP contribution in [-0.2, 0) is 4.79 Å². The Morgan fingerprint density at radius 1 is 0.875 bits per heavy atom. The Morgan fingerprint density at radius 3 is 2.22 bits per heavy atom. The molecule has 32 heavy (non-hydrogen) atoms. The zero-order valence-corrected chi connectivity index (χ0v) is 21.9. The number of Topliss-reactive ketones (excluding diaryl/α,β-unsaturated/α-hetero) is 1. The van der Waals surface area contributed by atoms with E-state index in [0.29, 0.717) is 35.4 Å². The van der Waals surface area contributed by atoms with Crippen LogP contribution in [0.2, 0.25) is 0 Å². The van der Waals surface area contributed by atoms with Crippen LogP contribution in [0.25, 0.3) is 0 Å². The van der Waals surface area contributed by atoms with E-state index in [0.717, 1.165) is 25.7 Å². The van der Waals surface area contributed by atoms with Crippen LogP contribution in [-0.4, -0.2) is 17.0 Å². The van der Waals surface area contributed by atoms with Gasteiger partial charge in [0, 0.05) is 11.8 Å². The SMILES string of the molecule is C=C(C)C1CCC2(C)C(O)CC3(C)C(CCC4C5(C)CCC(=O)C(C)(C)C5CCC43C)C12. The number of rotatable bonds is 1. The third kappa shape index (κ3) is 2.55. The Labute approximate surface area is 197 Å². The summed E-state index contributed by atoms with van der Waals surface area (Å²) in [5.41, 5.74) is 1.85. The van der Waals surface area contributed by atoms with Crippen LogP contribution in [0.4, 0.5) is 0 Å². The number of ketones is 1. The fourth-order valence-electron chi connectivity index (χ4n) is 11.3. The molecule has 10 unspecified atom stereocenters. The maximum atomic E-state index is 12.9. The molecule has 5 fully saturated rings. The molecule has 2 heteroatoms. The topological polar surface area (TPSA) is 37.3 Å². The van der Waals surface area contributed by atoms with E-state index in [4.69, 9.17) is 0 Å². The van der Waals surface area contributed by atoms with E-state index in [2.05, 4.69) is 55.0 Å². The van der Waals surface area contributed by atoms with Crippen LogP contribution < -0.4 is 0 Å². The summed E-state index contributed by atoms with van der Waals surface area (Å²) in [6.45, 7) is 21.2. The summed E-state index contributed by atoms with van der Waals surface area (Å²) in [5.74, 6) is 3.47. The standard InChI is InChI=1S/C30H48O2/c1-18(2)19-11-14-28(6)24(32)17-30(8)20(25(19)28)9-10-22-27(5)15-13-23(31)26(3,4)21(27)12-16-29(22,30)7/h19-22,24-25,32H,1,9-17H2,2-8H3. The van der Waals surface area contributed by atoms with Gasteiger partial charge in [0.15, 0.2) is 0 Å². The molecular formula is C30H48O2. The minimum absolute atomic E-state index is 0.0529. The molecular weight excluding hydrogens is 392 g/mol. The van der Waals surface area contributed by atoms with Crippen molar-refractivity contribution < 1.29 is 9.90 Å². The summed E-state index contributed by atoms with van der Waals surface area (Å²) < 4.78 is 0. The normalized spacial score (nSPS) is 56.6. The number of fused-ring (bicyclic) bond motifs is 7. The highest BCUT2D eigenvalue weighted by Crippen LogP contribution is 2.77. The van der Waals surface area contributed by atoms with Crippen LogP contribution in [0.15, 0.2) is 12.2 Å². The summed E-state index contributed by atoms with van der Waals surface area (Å²) in [7, 11) is 0. The van der Waals surface area contributed by atoms with Gasteiger partial charge in [-0.05, 0) is 110 Å². The van der Waals surface area contributed by atoms with Gasteiger partial charge in [0.25, 0.3) is 0 Å². The molecule has 0 aliphatic heterocycles. The lowest BCUT2D eigenvalue weighted by atomic mass is 9.32. The highest BCUT2D eigenvalue weighted by molar-refractivity contribution is 5.85. The molecule has 0 aromatic heterocycles. The number of allylic oxidation sites excluding steroid dienone is 1. The first-order valence-electron chi connectivity index (χ1n) is 13.6. The van der Waals surface area contributed by atoms with Gasteiger partial charge >= 0.3 is 0 Å². The van der Waals surface area contributed by atoms with E-state index in [1.165, 1.54) is 37.7 Å². The first-order valence-corrected chi connectivity index (χ1v) is 13.6. The highest BCUT2D eigenvalue weighted by atomic mass is 16.3. The van der Waals surface area contributed by atoms with Crippen molar-refractivity contribution in [3.05, 3.63) is 12.2 Å². The molecule has 0 spiro atoms. The first kappa shape index (κ1) is 23.1. The molecule has 0 amide bonds. The number of aliphatic hydroxyl groups is 1. The average Bonchev–Trinajstić information content (AvgIpc) is 3.05. The molecule has 180 valence electrons.